The van der Waals surface area contributed by atoms with Crippen molar-refractivity contribution in [1.29, 1.82) is 0 Å². The van der Waals surface area contributed by atoms with Gasteiger partial charge in [0.05, 0.1) is 42.7 Å². The van der Waals surface area contributed by atoms with E-state index in [4.69, 9.17) is 9.47 Å². The van der Waals surface area contributed by atoms with E-state index in [-0.39, 0.29) is 54.1 Å². The Morgan fingerprint density at radius 1 is 1.07 bits per heavy atom. The minimum absolute atomic E-state index is 0.0371. The van der Waals surface area contributed by atoms with Gasteiger partial charge in [-0.2, -0.15) is 0 Å². The third-order valence-electron chi connectivity index (χ3n) is 9.43. The van der Waals surface area contributed by atoms with Crippen LogP contribution in [0.5, 0.6) is 0 Å². The van der Waals surface area contributed by atoms with Crippen molar-refractivity contribution in [3.05, 3.63) is 52.5 Å². The maximum absolute atomic E-state index is 14.0. The van der Waals surface area contributed by atoms with E-state index in [2.05, 4.69) is 34.8 Å². The number of nitrogens with zero attached hydrogens (tertiary/aromatic N) is 2. The molecular formula is C35H55N5O5S. The standard InChI is InChI=1S/C35H55N5O5S/c1-9-23(4)31(39-30(22(2)3)34(43)36-6)28(44-7)21-29(41)40-18-13-16-27(40)32(45-8)24(5)33(42)38-26(35-37-17-19-46-35)20-25-14-11-10-12-15-25/h10-12,14-15,17,19,22-24,26-28,30-32,39H,9,13,16,18,20-21H2,1-8H3,(H,36,43)(H,38,42)/t23-,24+,26-,27-,28+,30-,31-,32+/m0/s1. The molecule has 46 heavy (non-hydrogen) atoms. The molecule has 1 aromatic heterocycles. The average Bonchev–Trinajstić information content (AvgIpc) is 3.77. The summed E-state index contributed by atoms with van der Waals surface area (Å²) in [6.45, 7) is 10.7. The molecular weight excluding hydrogens is 602 g/mol. The van der Waals surface area contributed by atoms with Crippen molar-refractivity contribution in [2.24, 2.45) is 17.8 Å². The van der Waals surface area contributed by atoms with Crippen LogP contribution in [0, 0.1) is 17.8 Å². The lowest BCUT2D eigenvalue weighted by Gasteiger charge is -2.38. The fourth-order valence-corrected chi connectivity index (χ4v) is 7.21. The number of hydrogen-bond acceptors (Lipinski definition) is 8. The molecule has 1 aliphatic rings. The van der Waals surface area contributed by atoms with Gasteiger partial charge in [-0.25, -0.2) is 4.98 Å². The van der Waals surface area contributed by atoms with Crippen LogP contribution in [0.4, 0.5) is 0 Å². The zero-order valence-electron chi connectivity index (χ0n) is 28.8. The fourth-order valence-electron chi connectivity index (χ4n) is 6.52. The van der Waals surface area contributed by atoms with Gasteiger partial charge in [-0.05, 0) is 36.7 Å². The number of carbonyl (C=O) groups is 3. The van der Waals surface area contributed by atoms with Crippen LogP contribution in [0.1, 0.15) is 76.9 Å². The summed E-state index contributed by atoms with van der Waals surface area (Å²) >= 11 is 1.52. The molecule has 1 aromatic carbocycles. The van der Waals surface area contributed by atoms with Gasteiger partial charge in [-0.15, -0.1) is 11.3 Å². The summed E-state index contributed by atoms with van der Waals surface area (Å²) in [6, 6.07) is 8.92. The van der Waals surface area contributed by atoms with Crippen molar-refractivity contribution in [3.8, 4) is 0 Å². The Hall–Kier alpha value is -2.86. The van der Waals surface area contributed by atoms with Gasteiger partial charge < -0.3 is 25.0 Å². The highest BCUT2D eigenvalue weighted by Gasteiger charge is 2.42. The molecule has 10 nitrogen and oxygen atoms in total. The first-order valence-electron chi connectivity index (χ1n) is 16.6. The van der Waals surface area contributed by atoms with Crippen molar-refractivity contribution >= 4 is 29.1 Å². The van der Waals surface area contributed by atoms with Gasteiger partial charge in [0.2, 0.25) is 17.7 Å². The predicted molar refractivity (Wildman–Crippen MR) is 182 cm³/mol. The predicted octanol–water partition coefficient (Wildman–Crippen LogP) is 4.37. The van der Waals surface area contributed by atoms with E-state index in [1.165, 1.54) is 11.3 Å². The smallest absolute Gasteiger partial charge is 0.237 e. The Morgan fingerprint density at radius 2 is 1.78 bits per heavy atom. The number of ether oxygens (including phenoxy) is 2. The van der Waals surface area contributed by atoms with E-state index in [9.17, 15) is 14.4 Å². The summed E-state index contributed by atoms with van der Waals surface area (Å²) in [5, 5.41) is 12.3. The second kappa shape index (κ2) is 18.5. The molecule has 2 heterocycles. The topological polar surface area (TPSA) is 122 Å². The molecule has 2 aromatic rings. The SMILES string of the molecule is CC[C@H](C)[C@H](N[C@H](C(=O)NC)C(C)C)[C@@H](CC(=O)N1CCC[C@H]1[C@H](OC)[C@@H](C)C(=O)N[C@@H](Cc1ccccc1)c1nccs1)OC. The minimum atomic E-state index is -0.506. The van der Waals surface area contributed by atoms with E-state index < -0.39 is 24.2 Å². The maximum Gasteiger partial charge on any atom is 0.237 e. The molecule has 1 aliphatic heterocycles. The number of nitrogens with one attached hydrogen (secondary N) is 3. The first kappa shape index (κ1) is 37.6. The van der Waals surface area contributed by atoms with Crippen molar-refractivity contribution in [3.63, 3.8) is 0 Å². The van der Waals surface area contributed by atoms with Gasteiger partial charge in [0.15, 0.2) is 0 Å². The zero-order valence-corrected chi connectivity index (χ0v) is 29.6. The lowest BCUT2D eigenvalue weighted by atomic mass is 9.89. The Labute approximate surface area is 279 Å². The number of benzene rings is 1. The molecule has 3 amide bonds. The lowest BCUT2D eigenvalue weighted by Crippen LogP contribution is -2.57. The first-order valence-corrected chi connectivity index (χ1v) is 17.5. The summed E-state index contributed by atoms with van der Waals surface area (Å²) in [7, 11) is 4.88. The number of likely N-dealkylation sites (N-methyl/N-ethyl adjacent to an activating group) is 1. The average molecular weight is 658 g/mol. The van der Waals surface area contributed by atoms with Crippen LogP contribution in [-0.4, -0.2) is 85.8 Å². The van der Waals surface area contributed by atoms with E-state index in [0.29, 0.717) is 13.0 Å². The molecule has 3 N–H and O–H groups in total. The van der Waals surface area contributed by atoms with Crippen molar-refractivity contribution in [2.75, 3.05) is 27.8 Å². The molecule has 0 saturated carbocycles. The molecule has 11 heteroatoms. The van der Waals surface area contributed by atoms with Crippen LogP contribution in [-0.2, 0) is 30.3 Å². The molecule has 0 aliphatic carbocycles. The van der Waals surface area contributed by atoms with Gasteiger partial charge in [0.25, 0.3) is 0 Å². The summed E-state index contributed by atoms with van der Waals surface area (Å²) in [4.78, 5) is 46.8. The third kappa shape index (κ3) is 9.82. The van der Waals surface area contributed by atoms with E-state index in [1.54, 1.807) is 27.5 Å². The monoisotopic (exact) mass is 657 g/mol. The number of carbonyl (C=O) groups excluding carboxylic acids is 3. The fraction of sp³-hybridized carbons (Fsp3) is 0.657. The number of likely N-dealkylation sites (tertiary alicyclic amines) is 1. The zero-order chi connectivity index (χ0) is 33.8. The van der Waals surface area contributed by atoms with Crippen LogP contribution >= 0.6 is 11.3 Å². The van der Waals surface area contributed by atoms with Crippen molar-refractivity contribution in [1.82, 2.24) is 25.8 Å². The van der Waals surface area contributed by atoms with E-state index in [1.807, 2.05) is 61.4 Å². The highest BCUT2D eigenvalue weighted by atomic mass is 32.1. The van der Waals surface area contributed by atoms with Gasteiger partial charge in [0, 0.05) is 45.4 Å². The summed E-state index contributed by atoms with van der Waals surface area (Å²) in [5.74, 6) is -0.540. The quantitative estimate of drug-likeness (QED) is 0.218. The number of aromatic nitrogens is 1. The molecule has 8 atom stereocenters. The van der Waals surface area contributed by atoms with Gasteiger partial charge in [0.1, 0.15) is 5.01 Å². The normalized spacial score (nSPS) is 19.6. The van der Waals surface area contributed by atoms with Crippen LogP contribution in [0.3, 0.4) is 0 Å². The molecule has 0 radical (unpaired) electrons. The van der Waals surface area contributed by atoms with E-state index in [0.717, 1.165) is 29.8 Å². The summed E-state index contributed by atoms with van der Waals surface area (Å²) in [5.41, 5.74) is 1.11. The van der Waals surface area contributed by atoms with E-state index >= 15 is 0 Å². The Morgan fingerprint density at radius 3 is 2.35 bits per heavy atom. The molecule has 0 unspecified atom stereocenters. The summed E-state index contributed by atoms with van der Waals surface area (Å²) < 4.78 is 11.9. The molecule has 256 valence electrons. The van der Waals surface area contributed by atoms with Gasteiger partial charge in [-0.3, -0.25) is 19.7 Å². The summed E-state index contributed by atoms with van der Waals surface area (Å²) in [6.07, 6.45) is 4.06. The lowest BCUT2D eigenvalue weighted by molar-refractivity contribution is -0.142. The Balaban J connectivity index is 1.75. The minimum Gasteiger partial charge on any atom is -0.379 e. The highest BCUT2D eigenvalue weighted by molar-refractivity contribution is 7.09. The molecule has 0 bridgehead atoms. The number of methoxy groups -OCH3 is 2. The van der Waals surface area contributed by atoms with Gasteiger partial charge in [-0.1, -0.05) is 71.4 Å². The second-order valence-corrected chi connectivity index (χ2v) is 13.7. The number of hydrogen-bond donors (Lipinski definition) is 3. The molecule has 1 fully saturated rings. The Bertz CT molecular complexity index is 1210. The van der Waals surface area contributed by atoms with Gasteiger partial charge >= 0.3 is 0 Å². The van der Waals surface area contributed by atoms with Crippen molar-refractivity contribution < 1.29 is 23.9 Å². The van der Waals surface area contributed by atoms with Crippen LogP contribution in [0.25, 0.3) is 0 Å². The maximum atomic E-state index is 14.0. The van der Waals surface area contributed by atoms with Crippen molar-refractivity contribution in [2.45, 2.75) is 103 Å². The first-order chi connectivity index (χ1) is 22.1. The number of thiazole rings is 1. The third-order valence-corrected chi connectivity index (χ3v) is 10.3. The number of rotatable bonds is 18. The Kier molecular flexibility index (Phi) is 15.1. The molecule has 0 spiro atoms. The molecule has 1 saturated heterocycles. The largest absolute Gasteiger partial charge is 0.379 e. The molecule has 3 rings (SSSR count). The van der Waals surface area contributed by atoms with Crippen LogP contribution in [0.2, 0.25) is 0 Å². The van der Waals surface area contributed by atoms with Crippen LogP contribution in [0.15, 0.2) is 41.9 Å². The van der Waals surface area contributed by atoms with Crippen LogP contribution < -0.4 is 16.0 Å². The number of amides is 3. The highest BCUT2D eigenvalue weighted by Crippen LogP contribution is 2.29. The second-order valence-electron chi connectivity index (χ2n) is 12.8.